The summed E-state index contributed by atoms with van der Waals surface area (Å²) in [5, 5.41) is 0. The quantitative estimate of drug-likeness (QED) is 0.771. The first-order chi connectivity index (χ1) is 9.16. The van der Waals surface area contributed by atoms with Gasteiger partial charge >= 0.3 is 0 Å². The van der Waals surface area contributed by atoms with Crippen molar-refractivity contribution < 1.29 is 4.74 Å². The molecule has 2 heterocycles. The van der Waals surface area contributed by atoms with Gasteiger partial charge < -0.3 is 10.5 Å². The Kier molecular flexibility index (Phi) is 5.67. The molecule has 3 atom stereocenters. The van der Waals surface area contributed by atoms with Gasteiger partial charge in [0, 0.05) is 18.2 Å². The summed E-state index contributed by atoms with van der Waals surface area (Å²) in [6.07, 6.45) is 10.4. The van der Waals surface area contributed by atoms with Gasteiger partial charge in [-0.15, -0.1) is 0 Å². The van der Waals surface area contributed by atoms with Gasteiger partial charge in [0.25, 0.3) is 0 Å². The van der Waals surface area contributed by atoms with Crippen LogP contribution in [0, 0.1) is 0 Å². The third kappa shape index (κ3) is 3.71. The van der Waals surface area contributed by atoms with Crippen molar-refractivity contribution in [2.24, 2.45) is 5.73 Å². The van der Waals surface area contributed by atoms with Gasteiger partial charge in [0.05, 0.1) is 6.10 Å². The van der Waals surface area contributed by atoms with Gasteiger partial charge in [0.15, 0.2) is 0 Å². The van der Waals surface area contributed by atoms with E-state index in [9.17, 15) is 0 Å². The second-order valence-electron chi connectivity index (χ2n) is 6.58. The van der Waals surface area contributed by atoms with Crippen molar-refractivity contribution in [2.45, 2.75) is 82.9 Å². The Morgan fingerprint density at radius 1 is 1.32 bits per heavy atom. The van der Waals surface area contributed by atoms with Crippen LogP contribution >= 0.6 is 0 Å². The molecule has 2 rings (SSSR count). The van der Waals surface area contributed by atoms with Crippen LogP contribution in [0.4, 0.5) is 0 Å². The predicted molar refractivity (Wildman–Crippen MR) is 80.3 cm³/mol. The van der Waals surface area contributed by atoms with E-state index in [1.165, 1.54) is 51.6 Å². The molecule has 0 spiro atoms. The predicted octanol–water partition coefficient (Wildman–Crippen LogP) is 2.93. The van der Waals surface area contributed by atoms with Crippen molar-refractivity contribution in [2.75, 3.05) is 19.7 Å². The maximum atomic E-state index is 6.54. The lowest BCUT2D eigenvalue weighted by molar-refractivity contribution is 0.0838. The van der Waals surface area contributed by atoms with Crippen molar-refractivity contribution in [1.29, 1.82) is 0 Å². The van der Waals surface area contributed by atoms with Gasteiger partial charge in [0.1, 0.15) is 0 Å². The highest BCUT2D eigenvalue weighted by atomic mass is 16.5. The molecule has 0 aliphatic carbocycles. The van der Waals surface area contributed by atoms with Crippen LogP contribution in [0.1, 0.15) is 65.2 Å². The van der Waals surface area contributed by atoms with E-state index in [1.54, 1.807) is 0 Å². The lowest BCUT2D eigenvalue weighted by Crippen LogP contribution is -2.56. The van der Waals surface area contributed by atoms with Crippen molar-refractivity contribution in [3.05, 3.63) is 0 Å². The summed E-state index contributed by atoms with van der Waals surface area (Å²) in [5.41, 5.74) is 6.75. The van der Waals surface area contributed by atoms with E-state index in [4.69, 9.17) is 10.5 Å². The zero-order valence-electron chi connectivity index (χ0n) is 12.9. The molecule has 3 nitrogen and oxygen atoms in total. The Labute approximate surface area is 118 Å². The summed E-state index contributed by atoms with van der Waals surface area (Å²) in [6.45, 7) is 8.11. The maximum Gasteiger partial charge on any atom is 0.0576 e. The zero-order chi connectivity index (χ0) is 13.7. The highest BCUT2D eigenvalue weighted by molar-refractivity contribution is 4.96. The summed E-state index contributed by atoms with van der Waals surface area (Å²) in [4.78, 5) is 2.63. The van der Waals surface area contributed by atoms with E-state index >= 15 is 0 Å². The standard InChI is InChI=1S/C16H32N2O/c1-3-16(2,18-11-4-5-12-18)15(17)10-6-8-14-9-7-13-19-14/h14-15H,3-13,17H2,1-2H3. The summed E-state index contributed by atoms with van der Waals surface area (Å²) in [7, 11) is 0. The topological polar surface area (TPSA) is 38.5 Å². The third-order valence-corrected chi connectivity index (χ3v) is 5.41. The molecule has 0 saturated carbocycles. The first kappa shape index (κ1) is 15.3. The molecule has 2 saturated heterocycles. The Morgan fingerprint density at radius 3 is 2.63 bits per heavy atom. The van der Waals surface area contributed by atoms with E-state index in [2.05, 4.69) is 18.7 Å². The van der Waals surface area contributed by atoms with Crippen LogP contribution in [-0.4, -0.2) is 42.3 Å². The zero-order valence-corrected chi connectivity index (χ0v) is 12.9. The molecule has 2 fully saturated rings. The van der Waals surface area contributed by atoms with E-state index < -0.39 is 0 Å². The summed E-state index contributed by atoms with van der Waals surface area (Å²) < 4.78 is 5.70. The molecule has 2 aliphatic rings. The minimum atomic E-state index is 0.201. The number of hydrogen-bond acceptors (Lipinski definition) is 3. The number of hydrogen-bond donors (Lipinski definition) is 1. The van der Waals surface area contributed by atoms with Crippen molar-refractivity contribution in [1.82, 2.24) is 4.90 Å². The van der Waals surface area contributed by atoms with Gasteiger partial charge in [0.2, 0.25) is 0 Å². The average Bonchev–Trinajstić information content (AvgIpc) is 3.10. The molecular formula is C16H32N2O. The van der Waals surface area contributed by atoms with Gasteiger partial charge in [-0.1, -0.05) is 6.92 Å². The fraction of sp³-hybridized carbons (Fsp3) is 1.00. The molecule has 112 valence electrons. The van der Waals surface area contributed by atoms with Crippen LogP contribution in [0.3, 0.4) is 0 Å². The van der Waals surface area contributed by atoms with Crippen LogP contribution in [-0.2, 0) is 4.74 Å². The van der Waals surface area contributed by atoms with Crippen molar-refractivity contribution in [3.63, 3.8) is 0 Å². The molecule has 0 aromatic heterocycles. The highest BCUT2D eigenvalue weighted by Gasteiger charge is 2.37. The first-order valence-electron chi connectivity index (χ1n) is 8.29. The number of likely N-dealkylation sites (tertiary alicyclic amines) is 1. The van der Waals surface area contributed by atoms with Gasteiger partial charge in [-0.05, 0) is 71.4 Å². The van der Waals surface area contributed by atoms with Gasteiger partial charge in [-0.3, -0.25) is 4.90 Å². The SMILES string of the molecule is CCC(C)(C(N)CCCC1CCCO1)N1CCCC1. The minimum Gasteiger partial charge on any atom is -0.378 e. The Hall–Kier alpha value is -0.120. The lowest BCUT2D eigenvalue weighted by Gasteiger charge is -2.43. The average molecular weight is 268 g/mol. The second kappa shape index (κ2) is 7.05. The van der Waals surface area contributed by atoms with Crippen molar-refractivity contribution in [3.8, 4) is 0 Å². The van der Waals surface area contributed by atoms with Crippen LogP contribution < -0.4 is 5.73 Å². The summed E-state index contributed by atoms with van der Waals surface area (Å²) in [6, 6.07) is 0.303. The summed E-state index contributed by atoms with van der Waals surface area (Å²) in [5.74, 6) is 0. The van der Waals surface area contributed by atoms with Crippen LogP contribution in [0.5, 0.6) is 0 Å². The monoisotopic (exact) mass is 268 g/mol. The van der Waals surface area contributed by atoms with Gasteiger partial charge in [-0.25, -0.2) is 0 Å². The number of nitrogens with zero attached hydrogens (tertiary/aromatic N) is 1. The molecule has 0 amide bonds. The van der Waals surface area contributed by atoms with Gasteiger partial charge in [-0.2, -0.15) is 0 Å². The van der Waals surface area contributed by atoms with E-state index in [0.717, 1.165) is 19.4 Å². The molecule has 2 aliphatic heterocycles. The van der Waals surface area contributed by atoms with Crippen LogP contribution in [0.25, 0.3) is 0 Å². The van der Waals surface area contributed by atoms with E-state index in [-0.39, 0.29) is 5.54 Å². The smallest absolute Gasteiger partial charge is 0.0576 e. The second-order valence-corrected chi connectivity index (χ2v) is 6.58. The lowest BCUT2D eigenvalue weighted by atomic mass is 9.84. The number of rotatable bonds is 7. The van der Waals surface area contributed by atoms with Crippen LogP contribution in [0.2, 0.25) is 0 Å². The molecule has 0 aromatic carbocycles. The molecule has 19 heavy (non-hydrogen) atoms. The molecule has 0 aromatic rings. The Morgan fingerprint density at radius 2 is 2.05 bits per heavy atom. The number of ether oxygens (including phenoxy) is 1. The maximum absolute atomic E-state index is 6.54. The Bertz CT molecular complexity index is 259. The highest BCUT2D eigenvalue weighted by Crippen LogP contribution is 2.29. The molecule has 3 heteroatoms. The molecule has 3 unspecified atom stereocenters. The number of nitrogens with two attached hydrogens (primary N) is 1. The third-order valence-electron chi connectivity index (χ3n) is 5.41. The normalized spacial score (nSPS) is 29.5. The van der Waals surface area contributed by atoms with Crippen molar-refractivity contribution >= 4 is 0 Å². The minimum absolute atomic E-state index is 0.201. The van der Waals surface area contributed by atoms with E-state index in [0.29, 0.717) is 12.1 Å². The fourth-order valence-corrected chi connectivity index (χ4v) is 3.70. The molecular weight excluding hydrogens is 236 g/mol. The molecule has 0 radical (unpaired) electrons. The largest absolute Gasteiger partial charge is 0.378 e. The summed E-state index contributed by atoms with van der Waals surface area (Å²) >= 11 is 0. The molecule has 2 N–H and O–H groups in total. The molecule has 0 bridgehead atoms. The first-order valence-corrected chi connectivity index (χ1v) is 8.29. The van der Waals surface area contributed by atoms with E-state index in [1.807, 2.05) is 0 Å². The Balaban J connectivity index is 1.76. The fourth-order valence-electron chi connectivity index (χ4n) is 3.70. The van der Waals surface area contributed by atoms with Crippen LogP contribution in [0.15, 0.2) is 0 Å².